The predicted octanol–water partition coefficient (Wildman–Crippen LogP) is 7.73. The van der Waals surface area contributed by atoms with Gasteiger partial charge in [0.1, 0.15) is 0 Å². The lowest BCUT2D eigenvalue weighted by Gasteiger charge is -2.33. The Morgan fingerprint density at radius 3 is 2.27 bits per heavy atom. The molecule has 6 rings (SSSR count). The molecule has 0 unspecified atom stereocenters. The number of imidazole rings is 1. The van der Waals surface area contributed by atoms with Gasteiger partial charge in [0.25, 0.3) is 5.69 Å². The predicted molar refractivity (Wildman–Crippen MR) is 199 cm³/mol. The van der Waals surface area contributed by atoms with Gasteiger partial charge >= 0.3 is 0 Å². The molecule has 5 aromatic carbocycles. The first-order valence-corrected chi connectivity index (χ1v) is 16.7. The number of carbonyl (C=O) groups is 1. The fourth-order valence-electron chi connectivity index (χ4n) is 6.02. The molecule has 2 N–H and O–H groups in total. The topological polar surface area (TPSA) is 105 Å². The van der Waals surface area contributed by atoms with E-state index in [4.69, 9.17) is 12.2 Å². The number of benzene rings is 5. The van der Waals surface area contributed by atoms with Crippen LogP contribution in [0.5, 0.6) is 0 Å². The van der Waals surface area contributed by atoms with E-state index in [-0.39, 0.29) is 30.0 Å². The first-order chi connectivity index (χ1) is 23.7. The second kappa shape index (κ2) is 15.1. The van der Waals surface area contributed by atoms with Gasteiger partial charge < -0.3 is 20.1 Å². The molecule has 0 fully saturated rings. The Morgan fingerprint density at radius 2 is 1.55 bits per heavy atom. The zero-order chi connectivity index (χ0) is 34.3. The number of thiocarbonyl (C=S) groups is 1. The number of hydrogen-bond donors (Lipinski definition) is 2. The van der Waals surface area contributed by atoms with E-state index in [2.05, 4.69) is 82.9 Å². The standard InChI is InChI=1S/C39H38N6O3S/c1-27(2)37(41-38(46)21-33-22-40-26-44(33)23-28-17-19-32(20-18-28)45(47)48)25-43(24-31-13-7-11-29-9-3-5-14-34(29)31)39(49)42-36-16-8-12-30-10-4-6-15-35(30)36/h3-20,22,26-27,37H,21,23-25H2,1-2H3,(H,41,46)(H,42,49)/t37-/m1/s1. The van der Waals surface area contributed by atoms with Crippen LogP contribution in [0.1, 0.15) is 30.7 Å². The maximum Gasteiger partial charge on any atom is 0.269 e. The summed E-state index contributed by atoms with van der Waals surface area (Å²) >= 11 is 6.11. The Hall–Kier alpha value is -5.61. The van der Waals surface area contributed by atoms with Gasteiger partial charge in [0.2, 0.25) is 5.91 Å². The number of anilines is 1. The number of amides is 1. The normalized spacial score (nSPS) is 11.8. The molecule has 1 amide bonds. The summed E-state index contributed by atoms with van der Waals surface area (Å²) in [5, 5.41) is 23.0. The van der Waals surface area contributed by atoms with Gasteiger partial charge in [-0.15, -0.1) is 0 Å². The van der Waals surface area contributed by atoms with Crippen molar-refractivity contribution in [3.63, 3.8) is 0 Å². The monoisotopic (exact) mass is 670 g/mol. The van der Waals surface area contributed by atoms with Gasteiger partial charge in [-0.1, -0.05) is 105 Å². The minimum absolute atomic E-state index is 0.0370. The van der Waals surface area contributed by atoms with E-state index in [9.17, 15) is 14.9 Å². The molecule has 0 radical (unpaired) electrons. The number of nitrogens with zero attached hydrogens (tertiary/aromatic N) is 4. The van der Waals surface area contributed by atoms with Crippen LogP contribution in [0.25, 0.3) is 21.5 Å². The van der Waals surface area contributed by atoms with Crippen molar-refractivity contribution >= 4 is 56.2 Å². The van der Waals surface area contributed by atoms with Crippen LogP contribution in [0.2, 0.25) is 0 Å². The lowest BCUT2D eigenvalue weighted by Crippen LogP contribution is -2.49. The quantitative estimate of drug-likeness (QED) is 0.0780. The highest BCUT2D eigenvalue weighted by Crippen LogP contribution is 2.25. The summed E-state index contributed by atoms with van der Waals surface area (Å²) in [6.07, 6.45) is 3.50. The first-order valence-electron chi connectivity index (χ1n) is 16.3. The van der Waals surface area contributed by atoms with Gasteiger partial charge in [-0.3, -0.25) is 14.9 Å². The largest absolute Gasteiger partial charge is 0.351 e. The van der Waals surface area contributed by atoms with Crippen LogP contribution in [0.15, 0.2) is 122 Å². The van der Waals surface area contributed by atoms with Gasteiger partial charge in [0.05, 0.1) is 17.7 Å². The summed E-state index contributed by atoms with van der Waals surface area (Å²) in [5.74, 6) is -0.00784. The van der Waals surface area contributed by atoms with Crippen LogP contribution >= 0.6 is 12.2 Å². The number of rotatable bonds is 12. The third kappa shape index (κ3) is 8.10. The van der Waals surface area contributed by atoms with Crippen molar-refractivity contribution in [3.05, 3.63) is 149 Å². The van der Waals surface area contributed by atoms with Gasteiger partial charge in [-0.25, -0.2) is 4.98 Å². The molecule has 1 aromatic heterocycles. The Bertz CT molecular complexity index is 2100. The molecule has 0 spiro atoms. The number of fused-ring (bicyclic) bond motifs is 2. The number of non-ortho nitro benzene ring substituents is 1. The molecular weight excluding hydrogens is 633 g/mol. The second-order valence-corrected chi connectivity index (χ2v) is 12.9. The number of carbonyl (C=O) groups excluding carboxylic acids is 1. The van der Waals surface area contributed by atoms with Crippen molar-refractivity contribution in [1.29, 1.82) is 0 Å². The Balaban J connectivity index is 1.21. The molecule has 0 aliphatic rings. The molecule has 248 valence electrons. The van der Waals surface area contributed by atoms with E-state index < -0.39 is 4.92 Å². The maximum atomic E-state index is 13.6. The Labute approximate surface area is 290 Å². The summed E-state index contributed by atoms with van der Waals surface area (Å²) in [4.78, 5) is 30.6. The van der Waals surface area contributed by atoms with Crippen molar-refractivity contribution in [1.82, 2.24) is 19.8 Å². The highest BCUT2D eigenvalue weighted by molar-refractivity contribution is 7.80. The summed E-state index contributed by atoms with van der Waals surface area (Å²) in [6.45, 7) is 5.69. The maximum absolute atomic E-state index is 13.6. The lowest BCUT2D eigenvalue weighted by molar-refractivity contribution is -0.384. The summed E-state index contributed by atoms with van der Waals surface area (Å²) in [6, 6.07) is 35.2. The molecule has 1 atom stereocenters. The van der Waals surface area contributed by atoms with Crippen molar-refractivity contribution < 1.29 is 9.72 Å². The molecule has 0 aliphatic heterocycles. The minimum atomic E-state index is -0.419. The second-order valence-electron chi connectivity index (χ2n) is 12.5. The molecule has 49 heavy (non-hydrogen) atoms. The minimum Gasteiger partial charge on any atom is -0.351 e. The van der Waals surface area contributed by atoms with Crippen LogP contribution in [0.4, 0.5) is 11.4 Å². The van der Waals surface area contributed by atoms with E-state index in [0.717, 1.165) is 44.1 Å². The molecule has 9 nitrogen and oxygen atoms in total. The van der Waals surface area contributed by atoms with Crippen LogP contribution in [0, 0.1) is 16.0 Å². The number of nitro groups is 1. The molecule has 6 aromatic rings. The van der Waals surface area contributed by atoms with Crippen LogP contribution < -0.4 is 10.6 Å². The number of aromatic nitrogens is 2. The highest BCUT2D eigenvalue weighted by Gasteiger charge is 2.23. The average Bonchev–Trinajstić information content (AvgIpc) is 3.53. The van der Waals surface area contributed by atoms with Crippen molar-refractivity contribution in [2.45, 2.75) is 39.4 Å². The summed E-state index contributed by atoms with van der Waals surface area (Å²) < 4.78 is 1.89. The number of hydrogen-bond acceptors (Lipinski definition) is 5. The zero-order valence-electron chi connectivity index (χ0n) is 27.5. The van der Waals surface area contributed by atoms with E-state index in [1.165, 1.54) is 12.1 Å². The molecule has 0 saturated carbocycles. The fourth-order valence-corrected chi connectivity index (χ4v) is 6.27. The first kappa shape index (κ1) is 33.3. The van der Waals surface area contributed by atoms with Crippen molar-refractivity contribution in [2.75, 3.05) is 11.9 Å². The molecule has 0 bridgehead atoms. The average molecular weight is 671 g/mol. The number of nitrogens with one attached hydrogen (secondary N) is 2. The van der Waals surface area contributed by atoms with Crippen LogP contribution in [0.3, 0.4) is 0 Å². The third-order valence-electron chi connectivity index (χ3n) is 8.77. The van der Waals surface area contributed by atoms with Gasteiger partial charge in [-0.05, 0) is 51.5 Å². The van der Waals surface area contributed by atoms with E-state index in [1.807, 2.05) is 41.0 Å². The smallest absolute Gasteiger partial charge is 0.269 e. The highest BCUT2D eigenvalue weighted by atomic mass is 32.1. The van der Waals surface area contributed by atoms with E-state index in [0.29, 0.717) is 24.7 Å². The van der Waals surface area contributed by atoms with Gasteiger partial charge in [0.15, 0.2) is 5.11 Å². The van der Waals surface area contributed by atoms with Crippen LogP contribution in [-0.4, -0.2) is 43.0 Å². The molecule has 0 aliphatic carbocycles. The third-order valence-corrected chi connectivity index (χ3v) is 9.13. The summed E-state index contributed by atoms with van der Waals surface area (Å²) in [5.41, 5.74) is 3.73. The van der Waals surface area contributed by atoms with E-state index >= 15 is 0 Å². The lowest BCUT2D eigenvalue weighted by atomic mass is 10.0. The molecule has 10 heteroatoms. The SMILES string of the molecule is CC(C)[C@@H](CN(Cc1cccc2ccccc12)C(=S)Nc1cccc2ccccc12)NC(=O)Cc1cncn1Cc1ccc([N+](=O)[O-])cc1. The summed E-state index contributed by atoms with van der Waals surface area (Å²) in [7, 11) is 0. The van der Waals surface area contributed by atoms with Crippen molar-refractivity contribution in [2.24, 2.45) is 5.92 Å². The fraction of sp³-hybridized carbons (Fsp3) is 0.205. The van der Waals surface area contributed by atoms with Gasteiger partial charge in [-0.2, -0.15) is 0 Å². The van der Waals surface area contributed by atoms with Crippen molar-refractivity contribution in [3.8, 4) is 0 Å². The number of nitro benzene ring substituents is 1. The van der Waals surface area contributed by atoms with Crippen LogP contribution in [-0.2, 0) is 24.3 Å². The molecular formula is C39H38N6O3S. The van der Waals surface area contributed by atoms with E-state index in [1.54, 1.807) is 24.7 Å². The Morgan fingerprint density at radius 1 is 0.898 bits per heavy atom. The molecule has 1 heterocycles. The Kier molecular flexibility index (Phi) is 10.2. The van der Waals surface area contributed by atoms with Gasteiger partial charge in [0, 0.05) is 60.8 Å². The zero-order valence-corrected chi connectivity index (χ0v) is 28.3. The molecule has 0 saturated heterocycles.